The van der Waals surface area contributed by atoms with E-state index in [0.717, 1.165) is 11.3 Å². The van der Waals surface area contributed by atoms with E-state index in [1.54, 1.807) is 19.1 Å². The van der Waals surface area contributed by atoms with Crippen molar-refractivity contribution in [1.82, 2.24) is 4.31 Å². The van der Waals surface area contributed by atoms with Crippen LogP contribution < -0.4 is 10.1 Å². The highest BCUT2D eigenvalue weighted by Gasteiger charge is 2.28. The van der Waals surface area contributed by atoms with E-state index in [0.29, 0.717) is 50.6 Å². The van der Waals surface area contributed by atoms with Gasteiger partial charge in [-0.2, -0.15) is 4.31 Å². The molecule has 1 fully saturated rings. The van der Waals surface area contributed by atoms with E-state index in [2.05, 4.69) is 5.32 Å². The smallest absolute Gasteiger partial charge is 0.243 e. The number of amides is 1. The Bertz CT molecular complexity index is 985. The lowest BCUT2D eigenvalue weighted by Gasteiger charge is -2.26. The zero-order chi connectivity index (χ0) is 21.6. The Morgan fingerprint density at radius 1 is 1.13 bits per heavy atom. The Labute approximate surface area is 178 Å². The number of nitrogens with zero attached hydrogens (tertiary/aromatic N) is 1. The number of hydrogen-bond acceptors (Lipinski definition) is 5. The third kappa shape index (κ3) is 5.81. The summed E-state index contributed by atoms with van der Waals surface area (Å²) in [6.45, 7) is 5.62. The van der Waals surface area contributed by atoms with Crippen LogP contribution in [0.1, 0.15) is 24.0 Å². The lowest BCUT2D eigenvalue weighted by molar-refractivity contribution is -0.116. The zero-order valence-corrected chi connectivity index (χ0v) is 18.2. The van der Waals surface area contributed by atoms with Crippen molar-refractivity contribution in [2.45, 2.75) is 31.6 Å². The van der Waals surface area contributed by atoms with Crippen LogP contribution in [0.3, 0.4) is 0 Å². The highest BCUT2D eigenvalue weighted by Crippen LogP contribution is 2.24. The van der Waals surface area contributed by atoms with Crippen LogP contribution in [0.2, 0.25) is 0 Å². The van der Waals surface area contributed by atoms with Crippen LogP contribution >= 0.6 is 0 Å². The number of carbonyl (C=O) groups excluding carboxylic acids is 1. The van der Waals surface area contributed by atoms with Crippen molar-refractivity contribution in [2.24, 2.45) is 0 Å². The topological polar surface area (TPSA) is 84.9 Å². The van der Waals surface area contributed by atoms with Gasteiger partial charge in [-0.25, -0.2) is 8.42 Å². The van der Waals surface area contributed by atoms with E-state index < -0.39 is 10.0 Å². The number of rotatable bonds is 8. The summed E-state index contributed by atoms with van der Waals surface area (Å²) in [7, 11) is -3.62. The molecule has 162 valence electrons. The molecule has 1 heterocycles. The average molecular weight is 433 g/mol. The highest BCUT2D eigenvalue weighted by molar-refractivity contribution is 7.89. The second kappa shape index (κ2) is 10.1. The molecule has 3 rings (SSSR count). The van der Waals surface area contributed by atoms with Crippen LogP contribution in [-0.2, 0) is 19.6 Å². The first-order chi connectivity index (χ1) is 14.4. The zero-order valence-electron chi connectivity index (χ0n) is 17.4. The van der Waals surface area contributed by atoms with Gasteiger partial charge in [0.2, 0.25) is 15.9 Å². The molecule has 0 unspecified atom stereocenters. The Morgan fingerprint density at radius 2 is 1.90 bits per heavy atom. The molecule has 1 aliphatic rings. The van der Waals surface area contributed by atoms with Gasteiger partial charge in [-0.15, -0.1) is 0 Å². The molecule has 1 saturated heterocycles. The lowest BCUT2D eigenvalue weighted by atomic mass is 10.2. The Kier molecular flexibility index (Phi) is 7.47. The molecule has 7 nitrogen and oxygen atoms in total. The monoisotopic (exact) mass is 432 g/mol. The van der Waals surface area contributed by atoms with Crippen LogP contribution in [0.25, 0.3) is 0 Å². The lowest BCUT2D eigenvalue weighted by Crippen LogP contribution is -2.40. The van der Waals surface area contributed by atoms with E-state index in [-0.39, 0.29) is 17.2 Å². The van der Waals surface area contributed by atoms with E-state index in [1.807, 2.05) is 31.2 Å². The third-order valence-electron chi connectivity index (χ3n) is 4.87. The van der Waals surface area contributed by atoms with Gasteiger partial charge in [-0.05, 0) is 55.7 Å². The summed E-state index contributed by atoms with van der Waals surface area (Å²) in [5, 5.41) is 2.79. The first-order valence-corrected chi connectivity index (χ1v) is 11.5. The van der Waals surface area contributed by atoms with Crippen molar-refractivity contribution in [3.63, 3.8) is 0 Å². The minimum atomic E-state index is -3.62. The fourth-order valence-electron chi connectivity index (χ4n) is 3.23. The molecule has 0 atom stereocenters. The van der Waals surface area contributed by atoms with Gasteiger partial charge in [-0.3, -0.25) is 4.79 Å². The van der Waals surface area contributed by atoms with E-state index in [4.69, 9.17) is 9.47 Å². The maximum atomic E-state index is 13.0. The Hall–Kier alpha value is -2.42. The molecule has 1 N–H and O–H groups in total. The van der Waals surface area contributed by atoms with Crippen LogP contribution in [0, 0.1) is 13.8 Å². The van der Waals surface area contributed by atoms with E-state index in [9.17, 15) is 13.2 Å². The SMILES string of the molecule is Cc1cccc(OCCCC(=O)Nc2ccc(C)c(S(=O)(=O)N3CCOCC3)c2)c1. The molecule has 0 aliphatic carbocycles. The largest absolute Gasteiger partial charge is 0.494 e. The van der Waals surface area contributed by atoms with Gasteiger partial charge in [0, 0.05) is 25.2 Å². The van der Waals surface area contributed by atoms with Gasteiger partial charge in [0.15, 0.2) is 0 Å². The highest BCUT2D eigenvalue weighted by atomic mass is 32.2. The minimum Gasteiger partial charge on any atom is -0.494 e. The molecule has 0 radical (unpaired) electrons. The number of carbonyl (C=O) groups is 1. The third-order valence-corrected chi connectivity index (χ3v) is 6.91. The van der Waals surface area contributed by atoms with Gasteiger partial charge >= 0.3 is 0 Å². The summed E-state index contributed by atoms with van der Waals surface area (Å²) in [4.78, 5) is 12.5. The number of benzene rings is 2. The van der Waals surface area contributed by atoms with E-state index >= 15 is 0 Å². The van der Waals surface area contributed by atoms with Crippen molar-refractivity contribution >= 4 is 21.6 Å². The molecule has 8 heteroatoms. The molecule has 2 aromatic rings. The van der Waals surface area contributed by atoms with Gasteiger partial charge in [-0.1, -0.05) is 18.2 Å². The van der Waals surface area contributed by atoms with Gasteiger partial charge in [0.05, 0.1) is 24.7 Å². The molecule has 1 amide bonds. The maximum absolute atomic E-state index is 13.0. The Balaban J connectivity index is 1.56. The van der Waals surface area contributed by atoms with Crippen LogP contribution in [-0.4, -0.2) is 51.5 Å². The van der Waals surface area contributed by atoms with Gasteiger partial charge in [0.25, 0.3) is 0 Å². The number of sulfonamides is 1. The number of ether oxygens (including phenoxy) is 2. The van der Waals surface area contributed by atoms with Crippen LogP contribution in [0.4, 0.5) is 5.69 Å². The predicted molar refractivity (Wildman–Crippen MR) is 115 cm³/mol. The van der Waals surface area contributed by atoms with Gasteiger partial charge < -0.3 is 14.8 Å². The molecule has 1 aliphatic heterocycles. The summed E-state index contributed by atoms with van der Waals surface area (Å²) in [6, 6.07) is 12.7. The van der Waals surface area contributed by atoms with Crippen molar-refractivity contribution in [3.05, 3.63) is 53.6 Å². The fraction of sp³-hybridized carbons (Fsp3) is 0.409. The predicted octanol–water partition coefficient (Wildman–Crippen LogP) is 3.12. The molecule has 0 saturated carbocycles. The molecule has 0 aromatic heterocycles. The first kappa shape index (κ1) is 22.3. The molecule has 30 heavy (non-hydrogen) atoms. The minimum absolute atomic E-state index is 0.179. The molecular formula is C22H28N2O5S. The maximum Gasteiger partial charge on any atom is 0.243 e. The van der Waals surface area contributed by atoms with Gasteiger partial charge in [0.1, 0.15) is 5.75 Å². The van der Waals surface area contributed by atoms with Crippen molar-refractivity contribution in [1.29, 1.82) is 0 Å². The molecule has 2 aromatic carbocycles. The van der Waals surface area contributed by atoms with Crippen molar-refractivity contribution in [2.75, 3.05) is 38.2 Å². The fourth-order valence-corrected chi connectivity index (χ4v) is 4.89. The normalized spacial score (nSPS) is 15.0. The summed E-state index contributed by atoms with van der Waals surface area (Å²) in [6.07, 6.45) is 0.843. The number of hydrogen-bond donors (Lipinski definition) is 1. The van der Waals surface area contributed by atoms with E-state index in [1.165, 1.54) is 10.4 Å². The second-order valence-electron chi connectivity index (χ2n) is 7.31. The number of morpholine rings is 1. The number of nitrogens with one attached hydrogen (secondary N) is 1. The summed E-state index contributed by atoms with van der Waals surface area (Å²) in [5.41, 5.74) is 2.23. The standard InChI is InChI=1S/C22H28N2O5S/c1-17-5-3-6-20(15-17)29-12-4-7-22(25)23-19-9-8-18(2)21(16-19)30(26,27)24-10-13-28-14-11-24/h3,5-6,8-9,15-16H,4,7,10-14H2,1-2H3,(H,23,25). The number of anilines is 1. The summed E-state index contributed by atoms with van der Waals surface area (Å²) in [5.74, 6) is 0.605. The first-order valence-electron chi connectivity index (χ1n) is 10.0. The summed E-state index contributed by atoms with van der Waals surface area (Å²) >= 11 is 0. The second-order valence-corrected chi connectivity index (χ2v) is 9.22. The van der Waals surface area contributed by atoms with Crippen molar-refractivity contribution in [3.8, 4) is 5.75 Å². The van der Waals surface area contributed by atoms with Crippen LogP contribution in [0.5, 0.6) is 5.75 Å². The molecular weight excluding hydrogens is 404 g/mol. The Morgan fingerprint density at radius 3 is 2.63 bits per heavy atom. The van der Waals surface area contributed by atoms with Crippen LogP contribution in [0.15, 0.2) is 47.4 Å². The quantitative estimate of drug-likeness (QED) is 0.648. The number of aryl methyl sites for hydroxylation is 2. The summed E-state index contributed by atoms with van der Waals surface area (Å²) < 4.78 is 38.2. The average Bonchev–Trinajstić information content (AvgIpc) is 2.73. The van der Waals surface area contributed by atoms with Crippen molar-refractivity contribution < 1.29 is 22.7 Å². The molecule has 0 bridgehead atoms. The molecule has 0 spiro atoms.